The van der Waals surface area contributed by atoms with E-state index in [4.69, 9.17) is 4.52 Å². The van der Waals surface area contributed by atoms with Crippen LogP contribution in [0.15, 0.2) is 34.9 Å². The summed E-state index contributed by atoms with van der Waals surface area (Å²) in [6, 6.07) is 5.38. The van der Waals surface area contributed by atoms with Gasteiger partial charge in [0.05, 0.1) is 0 Å². The molecule has 11 heteroatoms. The minimum Gasteiger partial charge on any atom is -0.339 e. The lowest BCUT2D eigenvalue weighted by Gasteiger charge is -2.09. The van der Waals surface area contributed by atoms with E-state index in [1.54, 1.807) is 6.07 Å². The van der Waals surface area contributed by atoms with Gasteiger partial charge in [0.15, 0.2) is 5.69 Å². The number of rotatable bonds is 4. The summed E-state index contributed by atoms with van der Waals surface area (Å²) in [5.41, 5.74) is -1.07. The molecule has 0 saturated heterocycles. The first kappa shape index (κ1) is 18.5. The number of alkyl halides is 3. The van der Waals surface area contributed by atoms with Crippen LogP contribution in [0, 0.1) is 5.82 Å². The van der Waals surface area contributed by atoms with Gasteiger partial charge in [0.2, 0.25) is 11.7 Å². The first-order valence-electron chi connectivity index (χ1n) is 7.67. The standard InChI is InChI=1S/C16H13F4N5O2/c1-8(15-22-13(24-27-15)9-4-3-5-10(17)6-9)21-14(26)11-7-12(16(18,19)20)23-25(11)2/h3-8H,1-2H3,(H,21,26)/t8-/m1/s1. The second-order valence-electron chi connectivity index (χ2n) is 5.70. The van der Waals surface area contributed by atoms with Crippen LogP contribution in [0.5, 0.6) is 0 Å². The summed E-state index contributed by atoms with van der Waals surface area (Å²) in [5, 5.41) is 9.45. The van der Waals surface area contributed by atoms with Gasteiger partial charge in [-0.3, -0.25) is 9.48 Å². The molecule has 0 aliphatic carbocycles. The van der Waals surface area contributed by atoms with Crippen molar-refractivity contribution in [2.45, 2.75) is 19.1 Å². The van der Waals surface area contributed by atoms with Crippen molar-refractivity contribution < 1.29 is 26.9 Å². The van der Waals surface area contributed by atoms with E-state index in [1.807, 2.05) is 0 Å². The molecule has 1 atom stereocenters. The Morgan fingerprint density at radius 1 is 1.30 bits per heavy atom. The second kappa shape index (κ2) is 6.82. The van der Waals surface area contributed by atoms with Gasteiger partial charge < -0.3 is 9.84 Å². The van der Waals surface area contributed by atoms with Crippen molar-refractivity contribution in [3.05, 3.63) is 53.4 Å². The zero-order valence-corrected chi connectivity index (χ0v) is 14.1. The predicted molar refractivity (Wildman–Crippen MR) is 83.8 cm³/mol. The average Bonchev–Trinajstić information content (AvgIpc) is 3.21. The summed E-state index contributed by atoms with van der Waals surface area (Å²) < 4.78 is 57.2. The molecular formula is C16H13F4N5O2. The highest BCUT2D eigenvalue weighted by molar-refractivity contribution is 5.92. The van der Waals surface area contributed by atoms with E-state index in [0.29, 0.717) is 11.6 Å². The molecule has 0 aliphatic heterocycles. The Morgan fingerprint density at radius 3 is 2.67 bits per heavy atom. The lowest BCUT2D eigenvalue weighted by Crippen LogP contribution is -2.28. The van der Waals surface area contributed by atoms with Gasteiger partial charge in [-0.15, -0.1) is 0 Å². The van der Waals surface area contributed by atoms with Crippen LogP contribution in [0.2, 0.25) is 0 Å². The van der Waals surface area contributed by atoms with E-state index in [0.717, 1.165) is 4.68 Å². The number of halogens is 4. The van der Waals surface area contributed by atoms with E-state index in [1.165, 1.54) is 32.2 Å². The van der Waals surface area contributed by atoms with E-state index in [9.17, 15) is 22.4 Å². The molecule has 2 heterocycles. The molecule has 0 aliphatic rings. The van der Waals surface area contributed by atoms with Crippen molar-refractivity contribution in [1.29, 1.82) is 0 Å². The van der Waals surface area contributed by atoms with Crippen molar-refractivity contribution in [1.82, 2.24) is 25.2 Å². The predicted octanol–water partition coefficient (Wildman–Crippen LogP) is 3.12. The highest BCUT2D eigenvalue weighted by Crippen LogP contribution is 2.28. The zero-order chi connectivity index (χ0) is 19.8. The van der Waals surface area contributed by atoms with Gasteiger partial charge in [-0.1, -0.05) is 17.3 Å². The van der Waals surface area contributed by atoms with E-state index >= 15 is 0 Å². The molecule has 2 aromatic heterocycles. The van der Waals surface area contributed by atoms with Crippen molar-refractivity contribution in [2.75, 3.05) is 0 Å². The van der Waals surface area contributed by atoms with Crippen molar-refractivity contribution in [2.24, 2.45) is 7.05 Å². The largest absolute Gasteiger partial charge is 0.435 e. The summed E-state index contributed by atoms with van der Waals surface area (Å²) in [6.07, 6.45) is -4.66. The van der Waals surface area contributed by atoms with Crippen LogP contribution in [0.1, 0.15) is 35.0 Å². The molecule has 0 radical (unpaired) electrons. The highest BCUT2D eigenvalue weighted by atomic mass is 19.4. The zero-order valence-electron chi connectivity index (χ0n) is 14.1. The van der Waals surface area contributed by atoms with Crippen LogP contribution in [-0.4, -0.2) is 25.8 Å². The van der Waals surface area contributed by atoms with E-state index in [2.05, 4.69) is 20.6 Å². The normalized spacial score (nSPS) is 12.8. The molecule has 7 nitrogen and oxygen atoms in total. The SMILES string of the molecule is C[C@@H](NC(=O)c1cc(C(F)(F)F)nn1C)c1nc(-c2cccc(F)c2)no1. The molecule has 0 unspecified atom stereocenters. The Bertz CT molecular complexity index is 979. The number of carbonyl (C=O) groups is 1. The summed E-state index contributed by atoms with van der Waals surface area (Å²) in [7, 11) is 1.23. The molecule has 0 bridgehead atoms. The quantitative estimate of drug-likeness (QED) is 0.700. The maximum absolute atomic E-state index is 13.3. The number of nitrogens with one attached hydrogen (secondary N) is 1. The van der Waals surface area contributed by atoms with E-state index in [-0.39, 0.29) is 17.4 Å². The van der Waals surface area contributed by atoms with Gasteiger partial charge in [-0.05, 0) is 19.1 Å². The first-order valence-corrected chi connectivity index (χ1v) is 7.67. The lowest BCUT2D eigenvalue weighted by atomic mass is 10.2. The first-order chi connectivity index (χ1) is 12.6. The van der Waals surface area contributed by atoms with Crippen molar-refractivity contribution in [3.8, 4) is 11.4 Å². The molecule has 1 aromatic carbocycles. The fourth-order valence-corrected chi connectivity index (χ4v) is 2.31. The lowest BCUT2D eigenvalue weighted by molar-refractivity contribution is -0.141. The minimum absolute atomic E-state index is 0.0147. The molecule has 1 N–H and O–H groups in total. The van der Waals surface area contributed by atoms with Crippen LogP contribution < -0.4 is 5.32 Å². The third-order valence-corrected chi connectivity index (χ3v) is 3.65. The number of nitrogens with zero attached hydrogens (tertiary/aromatic N) is 4. The van der Waals surface area contributed by atoms with E-state index < -0.39 is 29.6 Å². The monoisotopic (exact) mass is 383 g/mol. The molecule has 3 rings (SSSR count). The van der Waals surface area contributed by atoms with Gasteiger partial charge in [0, 0.05) is 18.7 Å². The molecule has 0 spiro atoms. The number of aromatic nitrogens is 4. The fraction of sp³-hybridized carbons (Fsp3) is 0.250. The van der Waals surface area contributed by atoms with Crippen LogP contribution in [-0.2, 0) is 13.2 Å². The Labute approximate surface area is 150 Å². The maximum atomic E-state index is 13.3. The molecular weight excluding hydrogens is 370 g/mol. The van der Waals surface area contributed by atoms with Gasteiger partial charge in [0.25, 0.3) is 5.91 Å². The number of amides is 1. The topological polar surface area (TPSA) is 85.8 Å². The highest BCUT2D eigenvalue weighted by Gasteiger charge is 2.35. The molecule has 0 saturated carbocycles. The smallest absolute Gasteiger partial charge is 0.339 e. The summed E-state index contributed by atoms with van der Waals surface area (Å²) in [5.74, 6) is -1.14. The number of aryl methyl sites for hydroxylation is 1. The van der Waals surface area contributed by atoms with Crippen LogP contribution in [0.25, 0.3) is 11.4 Å². The van der Waals surface area contributed by atoms with Gasteiger partial charge >= 0.3 is 6.18 Å². The Morgan fingerprint density at radius 2 is 2.04 bits per heavy atom. The second-order valence-corrected chi connectivity index (χ2v) is 5.70. The van der Waals surface area contributed by atoms with Crippen molar-refractivity contribution in [3.63, 3.8) is 0 Å². The summed E-state index contributed by atoms with van der Waals surface area (Å²) in [6.45, 7) is 1.52. The fourth-order valence-electron chi connectivity index (χ4n) is 2.31. The third-order valence-electron chi connectivity index (χ3n) is 3.65. The Kier molecular flexibility index (Phi) is 4.68. The molecule has 3 aromatic rings. The summed E-state index contributed by atoms with van der Waals surface area (Å²) in [4.78, 5) is 16.3. The molecule has 27 heavy (non-hydrogen) atoms. The van der Waals surface area contributed by atoms with Crippen LogP contribution in [0.4, 0.5) is 17.6 Å². The van der Waals surface area contributed by atoms with Gasteiger partial charge in [0.1, 0.15) is 17.6 Å². The number of carbonyl (C=O) groups excluding carboxylic acids is 1. The average molecular weight is 383 g/mol. The molecule has 1 amide bonds. The molecule has 142 valence electrons. The maximum Gasteiger partial charge on any atom is 0.435 e. The number of hydrogen-bond acceptors (Lipinski definition) is 5. The number of benzene rings is 1. The minimum atomic E-state index is -4.66. The Balaban J connectivity index is 1.75. The third kappa shape index (κ3) is 3.96. The Hall–Kier alpha value is -3.24. The summed E-state index contributed by atoms with van der Waals surface area (Å²) >= 11 is 0. The molecule has 0 fully saturated rings. The van der Waals surface area contributed by atoms with Crippen LogP contribution >= 0.6 is 0 Å². The van der Waals surface area contributed by atoms with Crippen LogP contribution in [0.3, 0.4) is 0 Å². The van der Waals surface area contributed by atoms with Crippen molar-refractivity contribution >= 4 is 5.91 Å². The van der Waals surface area contributed by atoms with Gasteiger partial charge in [-0.2, -0.15) is 23.3 Å². The number of hydrogen-bond donors (Lipinski definition) is 1. The van der Waals surface area contributed by atoms with Gasteiger partial charge in [-0.25, -0.2) is 4.39 Å².